The van der Waals surface area contributed by atoms with Crippen LogP contribution < -0.4 is 5.32 Å². The zero-order chi connectivity index (χ0) is 21.6. The lowest BCUT2D eigenvalue weighted by molar-refractivity contribution is -0.165. The number of fused-ring (bicyclic) bond motifs is 3. The van der Waals surface area contributed by atoms with Crippen molar-refractivity contribution in [3.05, 3.63) is 59.7 Å². The average Bonchev–Trinajstić information content (AvgIpc) is 3.11. The highest BCUT2D eigenvalue weighted by molar-refractivity contribution is 5.81. The first-order valence-electron chi connectivity index (χ1n) is 10.7. The van der Waals surface area contributed by atoms with Gasteiger partial charge in [0.25, 0.3) is 0 Å². The molecule has 1 fully saturated rings. The lowest BCUT2D eigenvalue weighted by atomic mass is 9.98. The van der Waals surface area contributed by atoms with E-state index in [2.05, 4.69) is 17.4 Å². The molecule has 1 aliphatic heterocycles. The van der Waals surface area contributed by atoms with Crippen LogP contribution in [0.5, 0.6) is 0 Å². The number of carbonyl (C=O) groups is 2. The number of hydrogen-bond donors (Lipinski definition) is 2. The summed E-state index contributed by atoms with van der Waals surface area (Å²) < 4.78 is 16.5. The monoisotopic (exact) mass is 425 g/mol. The number of carboxylic acid groups (broad SMARTS) is 1. The number of rotatable bonds is 8. The van der Waals surface area contributed by atoms with Crippen molar-refractivity contribution in [2.24, 2.45) is 0 Å². The number of carboxylic acids is 1. The van der Waals surface area contributed by atoms with Crippen molar-refractivity contribution in [1.29, 1.82) is 0 Å². The van der Waals surface area contributed by atoms with Gasteiger partial charge in [-0.3, -0.25) is 0 Å². The molecule has 2 aliphatic rings. The number of aliphatic carboxylic acids is 1. The molecular formula is C24H27NO6. The molecule has 1 saturated heterocycles. The molecule has 2 atom stereocenters. The molecule has 1 aliphatic carbocycles. The van der Waals surface area contributed by atoms with Gasteiger partial charge in [0.15, 0.2) is 6.29 Å². The third kappa shape index (κ3) is 5.06. The highest BCUT2D eigenvalue weighted by Gasteiger charge is 2.29. The average molecular weight is 425 g/mol. The highest BCUT2D eigenvalue weighted by atomic mass is 16.7. The van der Waals surface area contributed by atoms with Crippen LogP contribution in [0.2, 0.25) is 0 Å². The molecule has 2 unspecified atom stereocenters. The maximum Gasteiger partial charge on any atom is 0.407 e. The van der Waals surface area contributed by atoms with Crippen LogP contribution in [0, 0.1) is 0 Å². The Balaban J connectivity index is 1.31. The quantitative estimate of drug-likeness (QED) is 0.666. The van der Waals surface area contributed by atoms with E-state index in [1.807, 2.05) is 36.4 Å². The number of ether oxygens (including phenoxy) is 3. The van der Waals surface area contributed by atoms with Crippen molar-refractivity contribution in [3.8, 4) is 11.1 Å². The molecule has 0 bridgehead atoms. The van der Waals surface area contributed by atoms with E-state index in [0.717, 1.165) is 41.5 Å². The van der Waals surface area contributed by atoms with E-state index >= 15 is 0 Å². The molecule has 2 aromatic rings. The second kappa shape index (κ2) is 9.94. The Morgan fingerprint density at radius 2 is 1.74 bits per heavy atom. The lowest BCUT2D eigenvalue weighted by Gasteiger charge is -2.23. The number of carbonyl (C=O) groups excluding carboxylic acids is 1. The summed E-state index contributed by atoms with van der Waals surface area (Å²) in [5.74, 6) is -1.20. The van der Waals surface area contributed by atoms with Crippen LogP contribution in [0.25, 0.3) is 11.1 Å². The van der Waals surface area contributed by atoms with Crippen LogP contribution in [0.1, 0.15) is 42.7 Å². The number of alkyl carbamates (subject to hydrolysis) is 1. The maximum absolute atomic E-state index is 12.3. The Morgan fingerprint density at radius 1 is 1.06 bits per heavy atom. The number of amides is 1. The first-order valence-corrected chi connectivity index (χ1v) is 10.7. The standard InChI is InChI=1S/C24H27NO6/c26-23(27)21(12-14-30-22-11-5-6-13-29-22)25-24(28)31-15-20-18-9-3-1-7-16(18)17-8-2-4-10-19(17)20/h1-4,7-10,20-22H,5-6,11-15H2,(H,25,28)(H,26,27). The molecule has 164 valence electrons. The SMILES string of the molecule is O=C(NC(CCOC1CCCCO1)C(=O)O)OCC1c2ccccc2-c2ccccc21. The Bertz CT molecular complexity index is 878. The first-order chi connectivity index (χ1) is 15.1. The minimum Gasteiger partial charge on any atom is -0.480 e. The molecule has 2 aromatic carbocycles. The predicted molar refractivity (Wildman–Crippen MR) is 114 cm³/mol. The van der Waals surface area contributed by atoms with Crippen LogP contribution in [-0.2, 0) is 19.0 Å². The van der Waals surface area contributed by atoms with Gasteiger partial charge < -0.3 is 24.6 Å². The van der Waals surface area contributed by atoms with Gasteiger partial charge in [-0.05, 0) is 41.5 Å². The van der Waals surface area contributed by atoms with Crippen molar-refractivity contribution >= 4 is 12.1 Å². The third-order valence-electron chi connectivity index (χ3n) is 5.78. The molecule has 2 N–H and O–H groups in total. The highest BCUT2D eigenvalue weighted by Crippen LogP contribution is 2.44. The van der Waals surface area contributed by atoms with Gasteiger partial charge in [-0.15, -0.1) is 0 Å². The largest absolute Gasteiger partial charge is 0.480 e. The fraction of sp³-hybridized carbons (Fsp3) is 0.417. The fourth-order valence-electron chi connectivity index (χ4n) is 4.20. The van der Waals surface area contributed by atoms with Crippen molar-refractivity contribution in [3.63, 3.8) is 0 Å². The van der Waals surface area contributed by atoms with Gasteiger partial charge in [0.1, 0.15) is 12.6 Å². The zero-order valence-corrected chi connectivity index (χ0v) is 17.3. The van der Waals surface area contributed by atoms with Gasteiger partial charge in [-0.2, -0.15) is 0 Å². The smallest absolute Gasteiger partial charge is 0.407 e. The topological polar surface area (TPSA) is 94.1 Å². The van der Waals surface area contributed by atoms with Gasteiger partial charge in [-0.25, -0.2) is 9.59 Å². The number of benzene rings is 2. The lowest BCUT2D eigenvalue weighted by Crippen LogP contribution is -2.42. The van der Waals surface area contributed by atoms with Crippen molar-refractivity contribution < 1.29 is 28.9 Å². The van der Waals surface area contributed by atoms with E-state index in [9.17, 15) is 14.7 Å². The second-order valence-corrected chi connectivity index (χ2v) is 7.82. The zero-order valence-electron chi connectivity index (χ0n) is 17.3. The van der Waals surface area contributed by atoms with Crippen molar-refractivity contribution in [2.45, 2.75) is 43.9 Å². The molecule has 1 heterocycles. The van der Waals surface area contributed by atoms with Crippen LogP contribution >= 0.6 is 0 Å². The van der Waals surface area contributed by atoms with Crippen molar-refractivity contribution in [2.75, 3.05) is 19.8 Å². The molecule has 0 saturated carbocycles. The summed E-state index contributed by atoms with van der Waals surface area (Å²) in [5, 5.41) is 11.9. The Labute approximate surface area is 181 Å². The molecule has 4 rings (SSSR count). The summed E-state index contributed by atoms with van der Waals surface area (Å²) in [6.45, 7) is 0.981. The van der Waals surface area contributed by atoms with E-state index < -0.39 is 18.1 Å². The normalized spacial score (nSPS) is 18.6. The molecule has 7 heteroatoms. The molecule has 0 aromatic heterocycles. The van der Waals surface area contributed by atoms with Gasteiger partial charge in [0, 0.05) is 18.9 Å². The van der Waals surface area contributed by atoms with E-state index in [0.29, 0.717) is 6.61 Å². The summed E-state index contributed by atoms with van der Waals surface area (Å²) in [6, 6.07) is 15.0. The fourth-order valence-corrected chi connectivity index (χ4v) is 4.20. The summed E-state index contributed by atoms with van der Waals surface area (Å²) in [7, 11) is 0. The Morgan fingerprint density at radius 3 is 2.35 bits per heavy atom. The third-order valence-corrected chi connectivity index (χ3v) is 5.78. The molecule has 7 nitrogen and oxygen atoms in total. The predicted octanol–water partition coefficient (Wildman–Crippen LogP) is 3.91. The maximum atomic E-state index is 12.3. The minimum atomic E-state index is -1.12. The molecule has 0 spiro atoms. The minimum absolute atomic E-state index is 0.0757. The van der Waals surface area contributed by atoms with Gasteiger partial charge >= 0.3 is 12.1 Å². The Hall–Kier alpha value is -2.90. The van der Waals surface area contributed by atoms with Crippen LogP contribution in [-0.4, -0.2) is 49.3 Å². The van der Waals surface area contributed by atoms with E-state index in [1.165, 1.54) is 0 Å². The summed E-state index contributed by atoms with van der Waals surface area (Å²) in [6.07, 6.45) is 1.95. The summed E-state index contributed by atoms with van der Waals surface area (Å²) >= 11 is 0. The number of hydrogen-bond acceptors (Lipinski definition) is 5. The molecule has 1 amide bonds. The van der Waals surface area contributed by atoms with E-state index in [4.69, 9.17) is 14.2 Å². The van der Waals surface area contributed by atoms with Gasteiger partial charge in [0.2, 0.25) is 0 Å². The number of nitrogens with one attached hydrogen (secondary N) is 1. The molecule has 0 radical (unpaired) electrons. The first kappa shape index (κ1) is 21.3. The van der Waals surface area contributed by atoms with Crippen LogP contribution in [0.3, 0.4) is 0 Å². The van der Waals surface area contributed by atoms with Gasteiger partial charge in [0.05, 0.1) is 6.61 Å². The molecule has 31 heavy (non-hydrogen) atoms. The van der Waals surface area contributed by atoms with E-state index in [-0.39, 0.29) is 31.8 Å². The van der Waals surface area contributed by atoms with Crippen molar-refractivity contribution in [1.82, 2.24) is 5.32 Å². The summed E-state index contributed by atoms with van der Waals surface area (Å²) in [5.41, 5.74) is 4.48. The van der Waals surface area contributed by atoms with Gasteiger partial charge in [-0.1, -0.05) is 48.5 Å². The molecular weight excluding hydrogens is 398 g/mol. The van der Waals surface area contributed by atoms with E-state index in [1.54, 1.807) is 0 Å². The Kier molecular flexibility index (Phi) is 6.84. The van der Waals surface area contributed by atoms with Crippen LogP contribution in [0.15, 0.2) is 48.5 Å². The second-order valence-electron chi connectivity index (χ2n) is 7.82. The summed E-state index contributed by atoms with van der Waals surface area (Å²) in [4.78, 5) is 23.9. The van der Waals surface area contributed by atoms with Crippen LogP contribution in [0.4, 0.5) is 4.79 Å².